The van der Waals surface area contributed by atoms with E-state index >= 15 is 0 Å². The van der Waals surface area contributed by atoms with E-state index in [1.54, 1.807) is 149 Å². The fourth-order valence-electron chi connectivity index (χ4n) is 9.97. The Morgan fingerprint density at radius 1 is 0.419 bits per heavy atom. The van der Waals surface area contributed by atoms with Crippen molar-refractivity contribution in [1.29, 1.82) is 0 Å². The summed E-state index contributed by atoms with van der Waals surface area (Å²) in [5.74, 6) is -2.88. The van der Waals surface area contributed by atoms with Gasteiger partial charge in [-0.2, -0.15) is 25.5 Å². The quantitative estimate of drug-likeness (QED) is 0.0347. The first kappa shape index (κ1) is 124. The van der Waals surface area contributed by atoms with Gasteiger partial charge in [-0.05, 0) is 206 Å². The molecule has 5 atom stereocenters. The molecule has 5 heterocycles. The SMILES string of the molecule is C.C.C.C.C.C.CCC1=NNC(=O)C1(C)CN.CCC1=NNC(=O)C1(C)CNC(=O)C(C)(C)N(C)C.CCC1=NNC(=O)C1(C)CNC(=O)C(C)(C)N(C)C(=O)CN(C)C.CCC1=NNC(=O)C1(C)CNC(=O)C(C)(C)N(C)C(=O)CNC.CCC1=NNC(=O)C1(C)CNC(=O)C(C)(C)NC.CN(C)C(C)(C)C(=O)O.CN(C)CCOO. The van der Waals surface area contributed by atoms with Crippen LogP contribution in [0.2, 0.25) is 0 Å². The second kappa shape index (κ2) is 53.2. The number of carboxylic acid groups (broad SMARTS) is 1. The van der Waals surface area contributed by atoms with Crippen LogP contribution in [0.3, 0.4) is 0 Å². The molecule has 5 aliphatic rings. The largest absolute Gasteiger partial charge is 0.480 e. The minimum Gasteiger partial charge on any atom is -0.480 e. The number of carbonyl (C=O) groups excluding carboxylic acids is 11. The molecule has 0 bridgehead atoms. The molecule has 38 nitrogen and oxygen atoms in total. The maximum absolute atomic E-state index is 12.6. The van der Waals surface area contributed by atoms with Gasteiger partial charge in [-0.25, -0.2) is 32.0 Å². The first-order valence-corrected chi connectivity index (χ1v) is 37.0. The van der Waals surface area contributed by atoms with Gasteiger partial charge in [-0.3, -0.25) is 72.6 Å². The van der Waals surface area contributed by atoms with Crippen LogP contribution in [0.25, 0.3) is 0 Å². The van der Waals surface area contributed by atoms with Crippen LogP contribution in [0.5, 0.6) is 0 Å². The molecular formula is C79H163N23O15. The van der Waals surface area contributed by atoms with E-state index in [9.17, 15) is 57.5 Å². The number of likely N-dealkylation sites (N-methyl/N-ethyl adjacent to an activating group) is 8. The molecule has 38 heteroatoms. The monoisotopic (exact) mass is 1670 g/mol. The Bertz CT molecular complexity index is 3390. The van der Waals surface area contributed by atoms with Crippen LogP contribution in [-0.2, 0) is 62.4 Å². The standard InChI is InChI=1S/C16H29N5O3.C15H27N5O3.C13H24N4O2.C12H22N4O2.C7H13N3O.C6H13NO2.C4H11NO2.6CH4/c1-8-11-16(4,14(24)19-18-11)10-17-13(23)15(2,3)21(7)12(22)9-20(5)6;1-7-10-15(4,13(23)19-18-10)9-17-12(22)14(2,3)20(6)11(21)8-16-5;1-7-9-13(4,11(19)16-15-9)8-14-10(18)12(2,3)17(5)6;1-6-8-12(4,10(18)16-15-8)7-14-9(17)11(2,3)13-5;1-3-5-7(2,4-8)6(11)10-9-5;1-6(2,5(8)9)7(3)4;1-5(2)3-4-7-6;;;;;;/h8-10H2,1-7H3,(H,17,23)(H,19,24);16H,7-9H2,1-6H3,(H,17,22)(H,19,23);7-8H2,1-6H3,(H,14,18)(H,16,19);13H,6-7H2,1-5H3,(H,14,17)(H,16,18);3-4,8H2,1-2H3,(H,10,11);1-4H3,(H,8,9);6H,3-4H2,1-2H3;6*1H4. The number of carbonyl (C=O) groups is 12. The van der Waals surface area contributed by atoms with Gasteiger partial charge < -0.3 is 62.3 Å². The van der Waals surface area contributed by atoms with Crippen molar-refractivity contribution in [2.24, 2.45) is 58.3 Å². The average molecular weight is 1680 g/mol. The summed E-state index contributed by atoms with van der Waals surface area (Å²) in [4.78, 5) is 157. The van der Waals surface area contributed by atoms with E-state index in [-0.39, 0.29) is 149 Å². The molecule has 0 saturated carbocycles. The zero-order valence-electron chi connectivity index (χ0n) is 72.6. The van der Waals surface area contributed by atoms with E-state index in [2.05, 4.69) is 89.4 Å². The predicted molar refractivity (Wildman–Crippen MR) is 471 cm³/mol. The van der Waals surface area contributed by atoms with Crippen LogP contribution in [-0.4, -0.2) is 311 Å². The Balaban J connectivity index is -0.000000202. The Hall–Kier alpha value is -8.37. The van der Waals surface area contributed by atoms with Gasteiger partial charge in [0.2, 0.25) is 35.4 Å². The van der Waals surface area contributed by atoms with Gasteiger partial charge >= 0.3 is 5.97 Å². The Morgan fingerprint density at radius 3 is 0.872 bits per heavy atom. The number of hydrogen-bond donors (Lipinski definition) is 14. The summed E-state index contributed by atoms with van der Waals surface area (Å²) < 4.78 is 0. The topological polar surface area (TPSA) is 494 Å². The van der Waals surface area contributed by atoms with Crippen molar-refractivity contribution in [3.8, 4) is 0 Å². The van der Waals surface area contributed by atoms with Crippen molar-refractivity contribution in [1.82, 2.24) is 88.4 Å². The van der Waals surface area contributed by atoms with E-state index in [1.807, 2.05) is 93.4 Å². The lowest BCUT2D eigenvalue weighted by Gasteiger charge is -2.36. The number of nitrogens with one attached hydrogen (secondary N) is 11. The molecule has 5 rings (SSSR count). The zero-order chi connectivity index (χ0) is 87.2. The van der Waals surface area contributed by atoms with Crippen molar-refractivity contribution in [3.63, 3.8) is 0 Å². The molecule has 0 aromatic heterocycles. The number of rotatable bonds is 31. The third-order valence-electron chi connectivity index (χ3n) is 21.1. The highest BCUT2D eigenvalue weighted by Gasteiger charge is 2.48. The minimum absolute atomic E-state index is 0. The van der Waals surface area contributed by atoms with Crippen molar-refractivity contribution in [2.75, 3.05) is 144 Å². The number of hydrazone groups is 5. The molecule has 0 radical (unpaired) electrons. The molecule has 0 fully saturated rings. The highest BCUT2D eigenvalue weighted by Crippen LogP contribution is 2.30. The summed E-state index contributed by atoms with van der Waals surface area (Å²) in [5, 5.41) is 53.2. The van der Waals surface area contributed by atoms with E-state index in [0.717, 1.165) is 30.1 Å². The van der Waals surface area contributed by atoms with Gasteiger partial charge in [-0.1, -0.05) is 79.2 Å². The number of nitrogens with zero attached hydrogens (tertiary/aromatic N) is 11. The predicted octanol–water partition coefficient (Wildman–Crippen LogP) is 3.72. The summed E-state index contributed by atoms with van der Waals surface area (Å²) >= 11 is 0. The van der Waals surface area contributed by atoms with Crippen LogP contribution < -0.4 is 64.8 Å². The third kappa shape index (κ3) is 33.4. The fraction of sp³-hybridized carbons (Fsp3) is 0.785. The molecule has 11 amide bonds. The van der Waals surface area contributed by atoms with Crippen molar-refractivity contribution in [2.45, 2.75) is 243 Å². The van der Waals surface area contributed by atoms with Crippen molar-refractivity contribution < 1.29 is 72.8 Å². The zero-order valence-corrected chi connectivity index (χ0v) is 72.6. The highest BCUT2D eigenvalue weighted by molar-refractivity contribution is 6.15. The minimum atomic E-state index is -1.03. The summed E-state index contributed by atoms with van der Waals surface area (Å²) in [6.45, 7) is 38.5. The molecule has 0 saturated heterocycles. The second-order valence-corrected chi connectivity index (χ2v) is 31.9. The number of carboxylic acids is 1. The average Bonchev–Trinajstić information content (AvgIpc) is 1.72. The van der Waals surface area contributed by atoms with Crippen LogP contribution in [0.4, 0.5) is 0 Å². The van der Waals surface area contributed by atoms with Crippen molar-refractivity contribution in [3.05, 3.63) is 0 Å². The number of aliphatic carboxylic acids is 1. The van der Waals surface area contributed by atoms with E-state index in [0.29, 0.717) is 50.3 Å². The van der Waals surface area contributed by atoms with Crippen LogP contribution in [0.1, 0.15) is 215 Å². The summed E-state index contributed by atoms with van der Waals surface area (Å²) in [6.07, 6.45) is 3.37. The Labute approximate surface area is 702 Å². The molecule has 5 unspecified atom stereocenters. The normalized spacial score (nSPS) is 20.1. The van der Waals surface area contributed by atoms with Gasteiger partial charge in [-0.15, -0.1) is 0 Å². The molecule has 5 aliphatic heterocycles. The van der Waals surface area contributed by atoms with Gasteiger partial charge in [0.25, 0.3) is 29.5 Å². The lowest BCUT2D eigenvalue weighted by atomic mass is 9.83. The lowest BCUT2D eigenvalue weighted by Crippen LogP contribution is -2.58. The van der Waals surface area contributed by atoms with Gasteiger partial charge in [0.15, 0.2) is 0 Å². The molecule has 15 N–H and O–H groups in total. The smallest absolute Gasteiger partial charge is 0.323 e. The molecule has 684 valence electrons. The lowest BCUT2D eigenvalue weighted by molar-refractivity contribution is -0.243. The summed E-state index contributed by atoms with van der Waals surface area (Å²) in [6, 6.07) is 0. The Morgan fingerprint density at radius 2 is 0.675 bits per heavy atom. The number of hydrogen-bond acceptors (Lipinski definition) is 26. The van der Waals surface area contributed by atoms with E-state index < -0.39 is 60.7 Å². The van der Waals surface area contributed by atoms with Gasteiger partial charge in [0.1, 0.15) is 43.7 Å². The van der Waals surface area contributed by atoms with Crippen LogP contribution in [0, 0.1) is 27.1 Å². The fourth-order valence-corrected chi connectivity index (χ4v) is 9.97. The first-order valence-electron chi connectivity index (χ1n) is 37.0. The van der Waals surface area contributed by atoms with Gasteiger partial charge in [0, 0.05) is 53.4 Å². The first-order chi connectivity index (χ1) is 50.8. The molecule has 0 aromatic carbocycles. The third-order valence-corrected chi connectivity index (χ3v) is 21.1. The molecule has 0 spiro atoms. The molecule has 0 aliphatic carbocycles. The Kier molecular flexibility index (Phi) is 56.5. The van der Waals surface area contributed by atoms with Gasteiger partial charge in [0.05, 0.1) is 59.3 Å². The van der Waals surface area contributed by atoms with E-state index in [1.165, 1.54) is 9.80 Å². The molecular weight excluding hydrogens is 1510 g/mol. The summed E-state index contributed by atoms with van der Waals surface area (Å²) in [5.41, 5.74) is 13.8. The van der Waals surface area contributed by atoms with Crippen LogP contribution >= 0.6 is 0 Å². The second-order valence-electron chi connectivity index (χ2n) is 31.9. The number of amides is 11. The molecule has 0 aromatic rings. The van der Waals surface area contributed by atoms with Crippen molar-refractivity contribution >= 4 is 99.5 Å². The van der Waals surface area contributed by atoms with E-state index in [4.69, 9.17) is 16.1 Å². The maximum atomic E-state index is 12.6. The van der Waals surface area contributed by atoms with Crippen LogP contribution in [0.15, 0.2) is 25.5 Å². The highest BCUT2D eigenvalue weighted by atomic mass is 17.1. The maximum Gasteiger partial charge on any atom is 0.323 e. The summed E-state index contributed by atoms with van der Waals surface area (Å²) in [7, 11) is 21.2. The number of nitrogens with two attached hydrogens (primary N) is 1. The molecule has 117 heavy (non-hydrogen) atoms.